The van der Waals surface area contributed by atoms with Crippen LogP contribution in [0.15, 0.2) is 29.2 Å². The van der Waals surface area contributed by atoms with Crippen LogP contribution in [0.1, 0.15) is 5.56 Å². The van der Waals surface area contributed by atoms with Gasteiger partial charge in [-0.05, 0) is 24.1 Å². The van der Waals surface area contributed by atoms with Gasteiger partial charge in [0.15, 0.2) is 0 Å². The van der Waals surface area contributed by atoms with Crippen LogP contribution < -0.4 is 5.90 Å². The third-order valence-electron chi connectivity index (χ3n) is 3.49. The summed E-state index contributed by atoms with van der Waals surface area (Å²) in [4.78, 5) is 17.0. The largest absolute Gasteiger partial charge is 0.343 e. The highest BCUT2D eigenvalue weighted by Gasteiger charge is 2.27. The van der Waals surface area contributed by atoms with Gasteiger partial charge >= 0.3 is 0 Å². The van der Waals surface area contributed by atoms with Gasteiger partial charge in [-0.2, -0.15) is 4.31 Å². The Morgan fingerprint density at radius 1 is 1.14 bits per heavy atom. The van der Waals surface area contributed by atoms with Gasteiger partial charge in [0.2, 0.25) is 16.4 Å². The fraction of sp³-hybridized carbons (Fsp3) is 0.462. The van der Waals surface area contributed by atoms with Gasteiger partial charge in [0.05, 0.1) is 11.5 Å². The van der Waals surface area contributed by atoms with E-state index in [0.29, 0.717) is 39.2 Å². The molecule has 1 fully saturated rings. The van der Waals surface area contributed by atoms with Crippen molar-refractivity contribution in [2.75, 3.05) is 32.8 Å². The van der Waals surface area contributed by atoms with Gasteiger partial charge in [-0.15, -0.1) is 0 Å². The molecule has 21 heavy (non-hydrogen) atoms. The number of hydrogen-bond donors (Lipinski definition) is 1. The molecule has 0 aromatic heterocycles. The molecule has 0 atom stereocenters. The summed E-state index contributed by atoms with van der Waals surface area (Å²) >= 11 is 0. The van der Waals surface area contributed by atoms with E-state index >= 15 is 0 Å². The van der Waals surface area contributed by atoms with Crippen molar-refractivity contribution in [1.82, 2.24) is 9.21 Å². The lowest BCUT2D eigenvalue weighted by Gasteiger charge is -2.31. The second-order valence-electron chi connectivity index (χ2n) is 4.81. The van der Waals surface area contributed by atoms with Crippen LogP contribution in [-0.2, 0) is 26.1 Å². The molecule has 1 heterocycles. The van der Waals surface area contributed by atoms with Gasteiger partial charge in [0.1, 0.15) is 0 Å². The zero-order chi connectivity index (χ0) is 15.3. The van der Waals surface area contributed by atoms with Gasteiger partial charge in [-0.1, -0.05) is 12.1 Å². The van der Waals surface area contributed by atoms with Crippen LogP contribution >= 0.6 is 0 Å². The second-order valence-corrected chi connectivity index (χ2v) is 6.75. The fourth-order valence-corrected chi connectivity index (χ4v) is 3.63. The minimum atomic E-state index is -3.50. The molecule has 1 saturated heterocycles. The molecule has 0 saturated carbocycles. The lowest BCUT2D eigenvalue weighted by Crippen LogP contribution is -2.47. The highest BCUT2D eigenvalue weighted by atomic mass is 32.2. The summed E-state index contributed by atoms with van der Waals surface area (Å²) in [6.07, 6.45) is 1.38. The van der Waals surface area contributed by atoms with Gasteiger partial charge in [0.25, 0.3) is 0 Å². The number of carbonyl (C=O) groups is 1. The number of rotatable bonds is 6. The quantitative estimate of drug-likeness (QED) is 0.569. The minimum Gasteiger partial charge on any atom is -0.343 e. The average Bonchev–Trinajstić information content (AvgIpc) is 2.53. The zero-order valence-corrected chi connectivity index (χ0v) is 12.5. The Morgan fingerprint density at radius 2 is 1.76 bits per heavy atom. The van der Waals surface area contributed by atoms with Crippen LogP contribution in [0.2, 0.25) is 0 Å². The van der Waals surface area contributed by atoms with E-state index in [1.807, 2.05) is 0 Å². The van der Waals surface area contributed by atoms with Crippen LogP contribution in [0.4, 0.5) is 0 Å². The molecule has 2 N–H and O–H groups in total. The third kappa shape index (κ3) is 3.79. The molecule has 8 heteroatoms. The van der Waals surface area contributed by atoms with Gasteiger partial charge in [-0.3, -0.25) is 4.79 Å². The Morgan fingerprint density at radius 3 is 2.29 bits per heavy atom. The summed E-state index contributed by atoms with van der Waals surface area (Å²) in [5, 5.41) is 0. The Kier molecular flexibility index (Phi) is 5.29. The first-order valence-electron chi connectivity index (χ1n) is 6.68. The molecule has 0 spiro atoms. The van der Waals surface area contributed by atoms with Crippen molar-refractivity contribution in [1.29, 1.82) is 0 Å². The summed E-state index contributed by atoms with van der Waals surface area (Å²) < 4.78 is 26.4. The van der Waals surface area contributed by atoms with E-state index < -0.39 is 10.0 Å². The first kappa shape index (κ1) is 15.9. The van der Waals surface area contributed by atoms with Crippen molar-refractivity contribution in [2.24, 2.45) is 5.90 Å². The SMILES string of the molecule is NOCCc1ccc(S(=O)(=O)N2CCN(C=O)CC2)cc1. The number of sulfonamides is 1. The molecule has 1 amide bonds. The fourth-order valence-electron chi connectivity index (χ4n) is 2.20. The van der Waals surface area contributed by atoms with Gasteiger partial charge < -0.3 is 9.74 Å². The highest BCUT2D eigenvalue weighted by Crippen LogP contribution is 2.18. The molecule has 1 aromatic carbocycles. The summed E-state index contributed by atoms with van der Waals surface area (Å²) in [6.45, 7) is 1.89. The summed E-state index contributed by atoms with van der Waals surface area (Å²) in [5.74, 6) is 4.96. The summed E-state index contributed by atoms with van der Waals surface area (Å²) in [6, 6.07) is 6.70. The average molecular weight is 313 g/mol. The number of piperazine rings is 1. The summed E-state index contributed by atoms with van der Waals surface area (Å²) in [5.41, 5.74) is 0.963. The predicted octanol–water partition coefficient (Wildman–Crippen LogP) is -0.418. The van der Waals surface area contributed by atoms with E-state index in [2.05, 4.69) is 4.84 Å². The molecule has 7 nitrogen and oxygen atoms in total. The molecule has 1 aromatic rings. The van der Waals surface area contributed by atoms with Gasteiger partial charge in [-0.25, -0.2) is 14.3 Å². The Balaban J connectivity index is 2.07. The smallest absolute Gasteiger partial charge is 0.243 e. The highest BCUT2D eigenvalue weighted by molar-refractivity contribution is 7.89. The Labute approximate surface area is 124 Å². The minimum absolute atomic E-state index is 0.263. The van der Waals surface area contributed by atoms with Crippen LogP contribution in [0, 0.1) is 0 Å². The standard InChI is InChI=1S/C13H19N3O4S/c14-20-10-5-12-1-3-13(4-2-12)21(18,19)16-8-6-15(11-17)7-9-16/h1-4,11H,5-10,14H2. The molecule has 0 bridgehead atoms. The normalized spacial score (nSPS) is 16.9. The van der Waals surface area contributed by atoms with Crippen molar-refractivity contribution in [3.8, 4) is 0 Å². The van der Waals surface area contributed by atoms with E-state index in [1.54, 1.807) is 29.2 Å². The zero-order valence-electron chi connectivity index (χ0n) is 11.6. The molecule has 0 unspecified atom stereocenters. The monoisotopic (exact) mass is 313 g/mol. The van der Waals surface area contributed by atoms with E-state index in [4.69, 9.17) is 5.90 Å². The molecule has 116 valence electrons. The third-order valence-corrected chi connectivity index (χ3v) is 5.40. The molecular weight excluding hydrogens is 294 g/mol. The molecular formula is C13H19N3O4S. The number of hydrogen-bond acceptors (Lipinski definition) is 5. The van der Waals surface area contributed by atoms with Gasteiger partial charge in [0, 0.05) is 26.2 Å². The lowest BCUT2D eigenvalue weighted by atomic mass is 10.2. The predicted molar refractivity (Wildman–Crippen MR) is 76.7 cm³/mol. The van der Waals surface area contributed by atoms with Crippen molar-refractivity contribution >= 4 is 16.4 Å². The van der Waals surface area contributed by atoms with E-state index in [0.717, 1.165) is 12.0 Å². The number of carbonyl (C=O) groups excluding carboxylic acids is 1. The van der Waals surface area contributed by atoms with Crippen LogP contribution in [0.25, 0.3) is 0 Å². The maximum Gasteiger partial charge on any atom is 0.243 e. The van der Waals surface area contributed by atoms with Crippen molar-refractivity contribution in [2.45, 2.75) is 11.3 Å². The van der Waals surface area contributed by atoms with E-state index in [-0.39, 0.29) is 4.90 Å². The second kappa shape index (κ2) is 6.99. The number of benzene rings is 1. The molecule has 2 rings (SSSR count). The molecule has 0 radical (unpaired) electrons. The Hall–Kier alpha value is -1.48. The number of nitrogens with zero attached hydrogens (tertiary/aromatic N) is 2. The Bertz CT molecular complexity index is 566. The molecule has 0 aliphatic carbocycles. The first-order valence-corrected chi connectivity index (χ1v) is 8.12. The van der Waals surface area contributed by atoms with Crippen LogP contribution in [0.5, 0.6) is 0 Å². The van der Waals surface area contributed by atoms with E-state index in [1.165, 1.54) is 4.31 Å². The van der Waals surface area contributed by atoms with Crippen LogP contribution in [-0.4, -0.2) is 56.8 Å². The lowest BCUT2D eigenvalue weighted by molar-refractivity contribution is -0.119. The van der Waals surface area contributed by atoms with Crippen LogP contribution in [0.3, 0.4) is 0 Å². The number of amides is 1. The topological polar surface area (TPSA) is 92.9 Å². The maximum atomic E-state index is 12.5. The maximum absolute atomic E-state index is 12.5. The molecule has 1 aliphatic heterocycles. The van der Waals surface area contributed by atoms with E-state index in [9.17, 15) is 13.2 Å². The van der Waals surface area contributed by atoms with Crippen molar-refractivity contribution in [3.05, 3.63) is 29.8 Å². The molecule has 1 aliphatic rings. The number of nitrogens with two attached hydrogens (primary N) is 1. The van der Waals surface area contributed by atoms with Crippen molar-refractivity contribution < 1.29 is 18.0 Å². The van der Waals surface area contributed by atoms with Crippen molar-refractivity contribution in [3.63, 3.8) is 0 Å². The summed E-state index contributed by atoms with van der Waals surface area (Å²) in [7, 11) is -3.50. The first-order chi connectivity index (χ1) is 10.1.